The van der Waals surface area contributed by atoms with Gasteiger partial charge in [-0.05, 0) is 36.3 Å². The summed E-state index contributed by atoms with van der Waals surface area (Å²) < 4.78 is 5.20. The average Bonchev–Trinajstić information content (AvgIpc) is 3.20. The van der Waals surface area contributed by atoms with Crippen molar-refractivity contribution in [3.05, 3.63) is 57.8 Å². The highest BCUT2D eigenvalue weighted by Crippen LogP contribution is 2.19. The molecule has 0 bridgehead atoms. The van der Waals surface area contributed by atoms with Crippen LogP contribution in [-0.2, 0) is 9.53 Å². The highest BCUT2D eigenvalue weighted by molar-refractivity contribution is 7.12. The largest absolute Gasteiger partial charge is 0.452 e. The molecule has 2 aromatic rings. The summed E-state index contributed by atoms with van der Waals surface area (Å²) in [5.74, 6) is -0.433. The van der Waals surface area contributed by atoms with E-state index in [4.69, 9.17) is 4.74 Å². The van der Waals surface area contributed by atoms with Gasteiger partial charge in [-0.2, -0.15) is 0 Å². The second-order valence-corrected chi connectivity index (χ2v) is 7.44. The van der Waals surface area contributed by atoms with Crippen molar-refractivity contribution >= 4 is 29.0 Å². The number of likely N-dealkylation sites (tertiary alicyclic amines) is 1. The van der Waals surface area contributed by atoms with Crippen molar-refractivity contribution in [2.24, 2.45) is 5.92 Å². The van der Waals surface area contributed by atoms with Gasteiger partial charge in [-0.15, -0.1) is 11.3 Å². The van der Waals surface area contributed by atoms with Crippen LogP contribution in [-0.4, -0.2) is 42.3 Å². The summed E-state index contributed by atoms with van der Waals surface area (Å²) in [6, 6.07) is 10.0. The molecule has 0 unspecified atom stereocenters. The van der Waals surface area contributed by atoms with E-state index in [0.717, 1.165) is 12.8 Å². The molecule has 1 amide bonds. The lowest BCUT2D eigenvalue weighted by Crippen LogP contribution is -2.40. The predicted octanol–water partition coefficient (Wildman–Crippen LogP) is 3.39. The van der Waals surface area contributed by atoms with Crippen LogP contribution in [0.3, 0.4) is 0 Å². The summed E-state index contributed by atoms with van der Waals surface area (Å²) in [6.07, 6.45) is 1.94. The number of esters is 1. The Hall–Kier alpha value is -2.47. The summed E-state index contributed by atoms with van der Waals surface area (Å²) in [4.78, 5) is 39.5. The molecule has 0 spiro atoms. The number of benzene rings is 1. The van der Waals surface area contributed by atoms with Crippen LogP contribution in [0.1, 0.15) is 45.4 Å². The van der Waals surface area contributed by atoms with Crippen molar-refractivity contribution in [2.45, 2.75) is 19.8 Å². The van der Waals surface area contributed by atoms with Crippen molar-refractivity contribution in [2.75, 3.05) is 19.7 Å². The highest BCUT2D eigenvalue weighted by atomic mass is 32.1. The van der Waals surface area contributed by atoms with Crippen LogP contribution in [0.5, 0.6) is 0 Å². The zero-order valence-electron chi connectivity index (χ0n) is 14.6. The van der Waals surface area contributed by atoms with Gasteiger partial charge in [-0.25, -0.2) is 4.79 Å². The third-order valence-corrected chi connectivity index (χ3v) is 5.47. The zero-order valence-corrected chi connectivity index (χ0v) is 15.5. The van der Waals surface area contributed by atoms with Crippen molar-refractivity contribution in [1.29, 1.82) is 0 Å². The zero-order chi connectivity index (χ0) is 18.5. The van der Waals surface area contributed by atoms with Crippen LogP contribution in [0, 0.1) is 5.92 Å². The van der Waals surface area contributed by atoms with Crippen LogP contribution >= 0.6 is 11.3 Å². The van der Waals surface area contributed by atoms with E-state index in [9.17, 15) is 14.4 Å². The Morgan fingerprint density at radius 3 is 2.42 bits per heavy atom. The molecule has 26 heavy (non-hydrogen) atoms. The molecule has 0 aliphatic carbocycles. The highest BCUT2D eigenvalue weighted by Gasteiger charge is 2.23. The summed E-state index contributed by atoms with van der Waals surface area (Å²) in [5, 5.41) is 1.81. The van der Waals surface area contributed by atoms with E-state index in [1.807, 2.05) is 5.38 Å². The van der Waals surface area contributed by atoms with Crippen molar-refractivity contribution in [3.63, 3.8) is 0 Å². The number of thiophene rings is 1. The molecule has 1 saturated heterocycles. The van der Waals surface area contributed by atoms with Crippen LogP contribution < -0.4 is 0 Å². The maximum Gasteiger partial charge on any atom is 0.339 e. The van der Waals surface area contributed by atoms with E-state index in [1.54, 1.807) is 41.3 Å². The number of carbonyl (C=O) groups is 3. The van der Waals surface area contributed by atoms with Crippen LogP contribution in [0.4, 0.5) is 0 Å². The number of ketones is 1. The number of ether oxygens (including phenoxy) is 1. The number of hydrogen-bond acceptors (Lipinski definition) is 5. The first-order valence-corrected chi connectivity index (χ1v) is 9.56. The third kappa shape index (κ3) is 4.19. The van der Waals surface area contributed by atoms with E-state index >= 15 is 0 Å². The molecule has 1 aliphatic heterocycles. The van der Waals surface area contributed by atoms with Gasteiger partial charge in [0.05, 0.1) is 10.4 Å². The molecule has 3 rings (SSSR count). The fourth-order valence-electron chi connectivity index (χ4n) is 2.95. The van der Waals surface area contributed by atoms with Gasteiger partial charge in [0.15, 0.2) is 6.61 Å². The maximum atomic E-state index is 12.6. The van der Waals surface area contributed by atoms with Gasteiger partial charge in [-0.3, -0.25) is 9.59 Å². The second-order valence-electron chi connectivity index (χ2n) is 6.49. The van der Waals surface area contributed by atoms with Crippen molar-refractivity contribution in [3.8, 4) is 0 Å². The van der Waals surface area contributed by atoms with E-state index < -0.39 is 5.97 Å². The summed E-state index contributed by atoms with van der Waals surface area (Å²) in [5.41, 5.74) is 0.477. The second kappa shape index (κ2) is 8.27. The average molecular weight is 371 g/mol. The topological polar surface area (TPSA) is 63.7 Å². The normalized spacial score (nSPS) is 14.9. The first-order valence-electron chi connectivity index (χ1n) is 8.68. The quantitative estimate of drug-likeness (QED) is 0.597. The van der Waals surface area contributed by atoms with E-state index in [-0.39, 0.29) is 23.9 Å². The van der Waals surface area contributed by atoms with E-state index in [0.29, 0.717) is 29.4 Å². The minimum Gasteiger partial charge on any atom is -0.452 e. The molecule has 0 N–H and O–H groups in total. The molecular weight excluding hydrogens is 350 g/mol. The Labute approximate surface area is 156 Å². The lowest BCUT2D eigenvalue weighted by molar-refractivity contribution is -0.135. The van der Waals surface area contributed by atoms with Gasteiger partial charge in [0.25, 0.3) is 5.91 Å². The number of hydrogen-bond donors (Lipinski definition) is 0. The molecule has 0 radical (unpaired) electrons. The first kappa shape index (κ1) is 18.3. The summed E-state index contributed by atoms with van der Waals surface area (Å²) in [6.45, 7) is 3.27. The Balaban J connectivity index is 1.65. The lowest BCUT2D eigenvalue weighted by Gasteiger charge is -2.30. The smallest absolute Gasteiger partial charge is 0.339 e. The Morgan fingerprint density at radius 1 is 1.08 bits per heavy atom. The van der Waals surface area contributed by atoms with E-state index in [1.165, 1.54) is 11.3 Å². The molecule has 1 aliphatic rings. The molecule has 1 fully saturated rings. The fourth-order valence-corrected chi connectivity index (χ4v) is 3.63. The number of nitrogens with zero attached hydrogens (tertiary/aromatic N) is 1. The van der Waals surface area contributed by atoms with Gasteiger partial charge in [0, 0.05) is 18.7 Å². The Kier molecular flexibility index (Phi) is 5.83. The molecule has 1 aromatic heterocycles. The Bertz CT molecular complexity index is 792. The Morgan fingerprint density at radius 2 is 1.77 bits per heavy atom. The predicted molar refractivity (Wildman–Crippen MR) is 99.5 cm³/mol. The lowest BCUT2D eigenvalue weighted by atomic mass is 9.99. The number of piperidine rings is 1. The van der Waals surface area contributed by atoms with Gasteiger partial charge >= 0.3 is 5.97 Å². The van der Waals surface area contributed by atoms with Crippen LogP contribution in [0.2, 0.25) is 0 Å². The third-order valence-electron chi connectivity index (χ3n) is 4.60. The standard InChI is InChI=1S/C20H21NO4S/c1-14-8-10-21(11-9-14)18(22)13-25-20(24)16-6-3-2-5-15(16)19(23)17-7-4-12-26-17/h2-7,12,14H,8-11,13H2,1H3. The fraction of sp³-hybridized carbons (Fsp3) is 0.350. The van der Waals surface area contributed by atoms with Gasteiger partial charge in [-0.1, -0.05) is 31.2 Å². The molecule has 2 heterocycles. The minimum absolute atomic E-state index is 0.186. The van der Waals surface area contributed by atoms with Crippen LogP contribution in [0.25, 0.3) is 0 Å². The number of carbonyl (C=O) groups excluding carboxylic acids is 3. The molecule has 0 atom stereocenters. The number of amides is 1. The summed E-state index contributed by atoms with van der Waals surface area (Å²) >= 11 is 1.32. The molecule has 5 nitrogen and oxygen atoms in total. The maximum absolute atomic E-state index is 12.6. The van der Waals surface area contributed by atoms with Crippen molar-refractivity contribution in [1.82, 2.24) is 4.90 Å². The van der Waals surface area contributed by atoms with Gasteiger partial charge in [0.1, 0.15) is 0 Å². The molecule has 1 aromatic carbocycles. The summed E-state index contributed by atoms with van der Waals surface area (Å²) in [7, 11) is 0. The first-order chi connectivity index (χ1) is 12.6. The van der Waals surface area contributed by atoms with Crippen LogP contribution in [0.15, 0.2) is 41.8 Å². The minimum atomic E-state index is -0.649. The molecule has 6 heteroatoms. The van der Waals surface area contributed by atoms with Crippen molar-refractivity contribution < 1.29 is 19.1 Å². The monoisotopic (exact) mass is 371 g/mol. The van der Waals surface area contributed by atoms with Gasteiger partial charge < -0.3 is 9.64 Å². The van der Waals surface area contributed by atoms with E-state index in [2.05, 4.69) is 6.92 Å². The molecular formula is C20H21NO4S. The molecule has 136 valence electrons. The van der Waals surface area contributed by atoms with Gasteiger partial charge in [0.2, 0.25) is 5.78 Å². The number of rotatable bonds is 5. The SMILES string of the molecule is CC1CCN(C(=O)COC(=O)c2ccccc2C(=O)c2cccs2)CC1. The molecule has 0 saturated carbocycles.